The summed E-state index contributed by atoms with van der Waals surface area (Å²) in [5.41, 5.74) is 5.54. The van der Waals surface area contributed by atoms with Crippen LogP contribution >= 0.6 is 15.8 Å². The first-order valence-electron chi connectivity index (χ1n) is 5.36. The molecule has 0 amide bonds. The molecule has 2 aromatic rings. The highest BCUT2D eigenvalue weighted by molar-refractivity contribution is 9.25. The number of hydrogen-bond acceptors (Lipinski definition) is 0. The lowest BCUT2D eigenvalue weighted by molar-refractivity contribution is 1.72. The average Bonchev–Trinajstić information content (AvgIpc) is 2.49. The lowest BCUT2D eigenvalue weighted by atomic mass is 9.61. The van der Waals surface area contributed by atoms with Crippen LogP contribution < -0.4 is 10.9 Å². The summed E-state index contributed by atoms with van der Waals surface area (Å²) in [7, 11) is 0. The molecule has 0 unspecified atom stereocenters. The summed E-state index contributed by atoms with van der Waals surface area (Å²) in [5, 5.41) is 0. The van der Waals surface area contributed by atoms with Crippen LogP contribution in [0.2, 0.25) is 0 Å². The summed E-state index contributed by atoms with van der Waals surface area (Å²) < 4.78 is 0. The third-order valence-electron chi connectivity index (χ3n) is 2.98. The molecule has 0 N–H and O–H groups in total. The molecule has 0 saturated carbocycles. The van der Waals surface area contributed by atoms with Crippen LogP contribution in [0.3, 0.4) is 0 Å². The van der Waals surface area contributed by atoms with Crippen molar-refractivity contribution in [2.45, 2.75) is 0 Å². The monoisotopic (exact) mass is 268 g/mol. The summed E-state index contributed by atoms with van der Waals surface area (Å²) >= 11 is 3.80. The number of fused-ring (bicyclic) bond motifs is 2. The van der Waals surface area contributed by atoms with Crippen LogP contribution in [0.4, 0.5) is 0 Å². The molecule has 0 radical (unpaired) electrons. The molecule has 0 saturated heterocycles. The summed E-state index contributed by atoms with van der Waals surface area (Å²) in [6.07, 6.45) is 4.38. The highest BCUT2D eigenvalue weighted by Gasteiger charge is 2.21. The predicted octanol–water partition coefficient (Wildman–Crippen LogP) is 2.67. The zero-order valence-corrected chi connectivity index (χ0v) is 10.3. The molecule has 1 aliphatic heterocycles. The Morgan fingerprint density at radius 2 is 1.12 bits per heavy atom. The van der Waals surface area contributed by atoms with Crippen LogP contribution in [0.15, 0.2) is 48.5 Å². The number of halogens is 1. The van der Waals surface area contributed by atoms with Gasteiger partial charge in [-0.15, -0.1) is 15.8 Å². The fourth-order valence-electron chi connectivity index (χ4n) is 2.13. The Labute approximate surface area is 104 Å². The summed E-state index contributed by atoms with van der Waals surface area (Å²) in [6, 6.07) is 17.0. The van der Waals surface area contributed by atoms with Gasteiger partial charge in [-0.05, 0) is 11.1 Å². The Kier molecular flexibility index (Phi) is 2.45. The molecule has 0 aromatic heterocycles. The molecule has 0 bridgehead atoms. The van der Waals surface area contributed by atoms with Crippen molar-refractivity contribution in [3.63, 3.8) is 0 Å². The zero-order valence-electron chi connectivity index (χ0n) is 8.73. The van der Waals surface area contributed by atoms with E-state index in [-0.39, 0.29) is 5.54 Å². The first kappa shape index (κ1) is 9.92. The van der Waals surface area contributed by atoms with E-state index in [9.17, 15) is 0 Å². The lowest BCUT2D eigenvalue weighted by Crippen LogP contribution is -2.38. The van der Waals surface area contributed by atoms with Gasteiger partial charge in [-0.2, -0.15) is 0 Å². The fourth-order valence-corrected chi connectivity index (χ4v) is 2.97. The van der Waals surface area contributed by atoms with E-state index >= 15 is 0 Å². The third-order valence-corrected chi connectivity index (χ3v) is 3.97. The van der Waals surface area contributed by atoms with Gasteiger partial charge < -0.3 is 0 Å². The summed E-state index contributed by atoms with van der Waals surface area (Å²) in [5.74, 6) is 0. The molecule has 2 aromatic carbocycles. The van der Waals surface area contributed by atoms with E-state index in [1.165, 1.54) is 22.1 Å². The minimum atomic E-state index is 0.287. The van der Waals surface area contributed by atoms with Crippen molar-refractivity contribution in [2.75, 3.05) is 0 Å². The molecule has 76 valence electrons. The Morgan fingerprint density at radius 3 is 1.62 bits per heavy atom. The van der Waals surface area contributed by atoms with Gasteiger partial charge >= 0.3 is 0 Å². The topological polar surface area (TPSA) is 0 Å². The molecule has 0 aliphatic carbocycles. The van der Waals surface area contributed by atoms with E-state index in [4.69, 9.17) is 0 Å². The first-order valence-corrected chi connectivity index (χ1v) is 6.28. The zero-order chi connectivity index (χ0) is 11.0. The van der Waals surface area contributed by atoms with E-state index in [0.29, 0.717) is 0 Å². The van der Waals surface area contributed by atoms with Crippen molar-refractivity contribution in [1.29, 1.82) is 0 Å². The minimum Gasteiger partial charge on any atom is -0.143 e. The van der Waals surface area contributed by atoms with Gasteiger partial charge in [0, 0.05) is 0 Å². The minimum absolute atomic E-state index is 0.287. The van der Waals surface area contributed by atoms with E-state index in [1.807, 2.05) is 0 Å². The maximum atomic E-state index is 3.80. The van der Waals surface area contributed by atoms with Crippen molar-refractivity contribution in [3.05, 3.63) is 59.7 Å². The highest BCUT2D eigenvalue weighted by atomic mass is 79.9. The van der Waals surface area contributed by atoms with Crippen LogP contribution in [-0.2, 0) is 0 Å². The fraction of sp³-hybridized carbons (Fsp3) is 0. The van der Waals surface area contributed by atoms with Gasteiger partial charge in [0.15, 0.2) is 0 Å². The van der Waals surface area contributed by atoms with E-state index in [0.717, 1.165) is 0 Å². The third kappa shape index (κ3) is 1.54. The molecule has 16 heavy (non-hydrogen) atoms. The molecular weight excluding hydrogens is 259 g/mol. The quantitative estimate of drug-likeness (QED) is 0.645. The molecular formula is C14H10BBr. The van der Waals surface area contributed by atoms with Crippen molar-refractivity contribution in [2.24, 2.45) is 0 Å². The Morgan fingerprint density at radius 1 is 0.688 bits per heavy atom. The molecule has 1 heterocycles. The van der Waals surface area contributed by atoms with Crippen molar-refractivity contribution >= 4 is 44.4 Å². The Hall–Kier alpha value is -1.28. The maximum absolute atomic E-state index is 3.80. The van der Waals surface area contributed by atoms with Gasteiger partial charge in [0.2, 0.25) is 0 Å². The van der Waals surface area contributed by atoms with Gasteiger partial charge in [-0.1, -0.05) is 71.6 Å². The van der Waals surface area contributed by atoms with Gasteiger partial charge in [-0.25, -0.2) is 0 Å². The van der Waals surface area contributed by atoms with E-state index in [2.05, 4.69) is 76.4 Å². The molecule has 3 rings (SSSR count). The lowest BCUT2D eigenvalue weighted by Gasteiger charge is -2.10. The largest absolute Gasteiger partial charge is 0.288 e. The van der Waals surface area contributed by atoms with Crippen molar-refractivity contribution in [1.82, 2.24) is 0 Å². The van der Waals surface area contributed by atoms with Crippen LogP contribution in [-0.4, -0.2) is 5.54 Å². The van der Waals surface area contributed by atoms with Crippen molar-refractivity contribution < 1.29 is 0 Å². The van der Waals surface area contributed by atoms with Crippen molar-refractivity contribution in [3.8, 4) is 0 Å². The van der Waals surface area contributed by atoms with Crippen LogP contribution in [0, 0.1) is 0 Å². The molecule has 2 heteroatoms. The summed E-state index contributed by atoms with van der Waals surface area (Å²) in [4.78, 5) is 0. The smallest absolute Gasteiger partial charge is 0.143 e. The molecule has 0 atom stereocenters. The molecule has 1 aliphatic rings. The van der Waals surface area contributed by atoms with Gasteiger partial charge in [0.25, 0.3) is 5.54 Å². The van der Waals surface area contributed by atoms with E-state index in [1.54, 1.807) is 0 Å². The maximum Gasteiger partial charge on any atom is 0.288 e. The molecule has 0 nitrogen and oxygen atoms in total. The second-order valence-corrected chi connectivity index (χ2v) is 4.87. The standard InChI is InChI=1S/C14H10BBr/c16-15-13-7-3-1-5-11(13)9-10-12-6-2-4-8-14(12)15/h1-10H. The number of hydrogen-bond donors (Lipinski definition) is 0. The number of benzene rings is 2. The Bertz CT molecular complexity index is 511. The molecule has 0 fully saturated rings. The predicted molar refractivity (Wildman–Crippen MR) is 75.8 cm³/mol. The van der Waals surface area contributed by atoms with Crippen LogP contribution in [0.5, 0.6) is 0 Å². The van der Waals surface area contributed by atoms with Crippen LogP contribution in [0.25, 0.3) is 12.2 Å². The SMILES string of the molecule is BrB1c2ccccc2C=Cc2ccccc21. The van der Waals surface area contributed by atoms with Gasteiger partial charge in [0.1, 0.15) is 0 Å². The van der Waals surface area contributed by atoms with E-state index < -0.39 is 0 Å². The Balaban J connectivity index is 2.26. The van der Waals surface area contributed by atoms with Crippen LogP contribution in [0.1, 0.15) is 11.1 Å². The van der Waals surface area contributed by atoms with Gasteiger partial charge in [0.05, 0.1) is 0 Å². The highest BCUT2D eigenvalue weighted by Crippen LogP contribution is 2.14. The normalized spacial score (nSPS) is 12.9. The second-order valence-electron chi connectivity index (χ2n) is 3.95. The average molecular weight is 269 g/mol. The number of rotatable bonds is 0. The second kappa shape index (κ2) is 3.95. The molecule has 0 spiro atoms. The summed E-state index contributed by atoms with van der Waals surface area (Å²) in [6.45, 7) is 0. The first-order chi connectivity index (χ1) is 7.86. The van der Waals surface area contributed by atoms with Gasteiger partial charge in [-0.3, -0.25) is 0 Å².